The van der Waals surface area contributed by atoms with Gasteiger partial charge in [-0.05, 0) is 17.3 Å². The fraction of sp³-hybridized carbons (Fsp3) is 1.00. The van der Waals surface area contributed by atoms with E-state index in [0.717, 1.165) is 11.8 Å². The summed E-state index contributed by atoms with van der Waals surface area (Å²) in [5.41, 5.74) is 0.688. The van der Waals surface area contributed by atoms with Crippen LogP contribution in [0.15, 0.2) is 0 Å². The zero-order chi connectivity index (χ0) is 6.65. The van der Waals surface area contributed by atoms with Gasteiger partial charge in [-0.1, -0.05) is 23.2 Å². The van der Waals surface area contributed by atoms with Gasteiger partial charge < -0.3 is 0 Å². The summed E-state index contributed by atoms with van der Waals surface area (Å²) in [6.07, 6.45) is 0. The lowest BCUT2D eigenvalue weighted by Gasteiger charge is -2.15. The molecule has 1 nitrogen and oxygen atoms in total. The first-order chi connectivity index (χ1) is 4.12. The highest BCUT2D eigenvalue weighted by Gasteiger charge is 2.61. The first-order valence-corrected chi connectivity index (χ1v) is 4.13. The predicted octanol–water partition coefficient (Wildman–Crippen LogP) is 1.36. The average Bonchev–Trinajstić information content (AvgIpc) is 2.27. The third-order valence-electron chi connectivity index (χ3n) is 3.15. The first kappa shape index (κ1) is 6.12. The minimum absolute atomic E-state index is 0.688. The third kappa shape index (κ3) is 0.683. The molecule has 0 spiro atoms. The summed E-state index contributed by atoms with van der Waals surface area (Å²) < 4.78 is 2.36. The van der Waals surface area contributed by atoms with Gasteiger partial charge in [0.15, 0.2) is 0 Å². The number of nitrogens with zero attached hydrogens (tertiary/aromatic N) is 1. The number of hydrogen-bond acceptors (Lipinski definition) is 1. The van der Waals surface area contributed by atoms with Crippen molar-refractivity contribution >= 4 is 9.39 Å². The second-order valence-electron chi connectivity index (χ2n) is 3.99. The van der Waals surface area contributed by atoms with Crippen LogP contribution in [0.3, 0.4) is 0 Å². The molecule has 2 rings (SSSR count). The van der Waals surface area contributed by atoms with Gasteiger partial charge in [0.05, 0.1) is 0 Å². The monoisotopic (exact) mass is 143 g/mol. The van der Waals surface area contributed by atoms with Crippen molar-refractivity contribution in [1.82, 2.24) is 4.67 Å². The molecular formula is C7H14NP. The quantitative estimate of drug-likeness (QED) is 0.463. The van der Waals surface area contributed by atoms with E-state index in [1.165, 1.54) is 13.1 Å². The van der Waals surface area contributed by atoms with Gasteiger partial charge in [0.1, 0.15) is 0 Å². The Hall–Kier alpha value is 0.390. The van der Waals surface area contributed by atoms with Crippen LogP contribution in [0.5, 0.6) is 0 Å². The van der Waals surface area contributed by atoms with Crippen molar-refractivity contribution in [2.75, 3.05) is 13.1 Å². The van der Waals surface area contributed by atoms with Crippen molar-refractivity contribution in [2.24, 2.45) is 17.3 Å². The van der Waals surface area contributed by atoms with E-state index >= 15 is 0 Å². The molecule has 1 aliphatic carbocycles. The summed E-state index contributed by atoms with van der Waals surface area (Å²) in [4.78, 5) is 0. The second-order valence-corrected chi connectivity index (χ2v) is 4.72. The fourth-order valence-corrected chi connectivity index (χ4v) is 2.62. The Morgan fingerprint density at radius 2 is 1.78 bits per heavy atom. The fourth-order valence-electron chi connectivity index (χ4n) is 2.16. The molecule has 1 saturated carbocycles. The zero-order valence-corrected chi connectivity index (χ0v) is 7.25. The molecule has 2 heteroatoms. The van der Waals surface area contributed by atoms with Crippen LogP contribution in [0.4, 0.5) is 0 Å². The SMILES string of the molecule is CC1(C)C2CN(P)C[C@H]21. The van der Waals surface area contributed by atoms with Crippen LogP contribution in [0, 0.1) is 17.3 Å². The van der Waals surface area contributed by atoms with Crippen molar-refractivity contribution < 1.29 is 0 Å². The molecule has 0 aromatic heterocycles. The molecule has 1 heterocycles. The molecule has 0 bridgehead atoms. The van der Waals surface area contributed by atoms with E-state index in [-0.39, 0.29) is 0 Å². The van der Waals surface area contributed by atoms with E-state index in [0.29, 0.717) is 5.41 Å². The molecule has 2 unspecified atom stereocenters. The molecule has 9 heavy (non-hydrogen) atoms. The predicted molar refractivity (Wildman–Crippen MR) is 42.0 cm³/mol. The summed E-state index contributed by atoms with van der Waals surface area (Å²) in [5, 5.41) is 0. The van der Waals surface area contributed by atoms with Crippen molar-refractivity contribution in [3.05, 3.63) is 0 Å². The lowest BCUT2D eigenvalue weighted by Crippen LogP contribution is -2.16. The third-order valence-corrected chi connectivity index (χ3v) is 3.57. The molecule has 1 aliphatic heterocycles. The maximum atomic E-state index is 2.79. The van der Waals surface area contributed by atoms with Crippen molar-refractivity contribution in [3.8, 4) is 0 Å². The second kappa shape index (κ2) is 1.52. The molecule has 2 fully saturated rings. The van der Waals surface area contributed by atoms with Crippen LogP contribution in [0.1, 0.15) is 13.8 Å². The Kier molecular flexibility index (Phi) is 1.03. The summed E-state index contributed by atoms with van der Waals surface area (Å²) >= 11 is 0. The van der Waals surface area contributed by atoms with E-state index in [1.54, 1.807) is 0 Å². The van der Waals surface area contributed by atoms with Gasteiger partial charge in [-0.3, -0.25) is 4.67 Å². The Labute approximate surface area is 59.1 Å². The van der Waals surface area contributed by atoms with Crippen molar-refractivity contribution in [3.63, 3.8) is 0 Å². The molecule has 0 N–H and O–H groups in total. The number of rotatable bonds is 0. The summed E-state index contributed by atoms with van der Waals surface area (Å²) in [5.74, 6) is 2.02. The van der Waals surface area contributed by atoms with Gasteiger partial charge in [0, 0.05) is 13.1 Å². The normalized spacial score (nSPS) is 47.0. The van der Waals surface area contributed by atoms with Crippen LogP contribution in [0.25, 0.3) is 0 Å². The average molecular weight is 143 g/mol. The lowest BCUT2D eigenvalue weighted by molar-refractivity contribution is 0.391. The van der Waals surface area contributed by atoms with E-state index in [2.05, 4.69) is 27.9 Å². The topological polar surface area (TPSA) is 3.24 Å². The van der Waals surface area contributed by atoms with Gasteiger partial charge >= 0.3 is 0 Å². The van der Waals surface area contributed by atoms with Gasteiger partial charge in [0.2, 0.25) is 0 Å². The van der Waals surface area contributed by atoms with Crippen LogP contribution in [-0.4, -0.2) is 17.8 Å². The Morgan fingerprint density at radius 3 is 2.11 bits per heavy atom. The van der Waals surface area contributed by atoms with Crippen LogP contribution in [0.2, 0.25) is 0 Å². The highest BCUT2D eigenvalue weighted by molar-refractivity contribution is 7.13. The molecular weight excluding hydrogens is 129 g/mol. The lowest BCUT2D eigenvalue weighted by atomic mass is 10.1. The Bertz CT molecular complexity index is 130. The standard InChI is InChI=1S/C7H14NP/c1-7(2)5-3-8(9)4-6(5)7/h5-6H,3-4,9H2,1-2H3/t5-,6?/m1/s1. The summed E-state index contributed by atoms with van der Waals surface area (Å²) in [6.45, 7) is 7.39. The van der Waals surface area contributed by atoms with Crippen molar-refractivity contribution in [1.29, 1.82) is 0 Å². The van der Waals surface area contributed by atoms with Crippen molar-refractivity contribution in [2.45, 2.75) is 13.8 Å². The van der Waals surface area contributed by atoms with E-state index < -0.39 is 0 Å². The number of fused-ring (bicyclic) bond motifs is 1. The Balaban J connectivity index is 2.06. The molecule has 3 atom stereocenters. The first-order valence-electron chi connectivity index (χ1n) is 3.62. The number of hydrogen-bond donors (Lipinski definition) is 0. The molecule has 2 aliphatic rings. The van der Waals surface area contributed by atoms with Crippen LogP contribution >= 0.6 is 9.39 Å². The number of piperidine rings is 1. The van der Waals surface area contributed by atoms with Gasteiger partial charge in [0.25, 0.3) is 0 Å². The highest BCUT2D eigenvalue weighted by Crippen LogP contribution is 2.62. The largest absolute Gasteiger partial charge is 0.287 e. The molecule has 1 saturated heterocycles. The summed E-state index contributed by atoms with van der Waals surface area (Å²) in [7, 11) is 2.79. The van der Waals surface area contributed by atoms with Gasteiger partial charge in [-0.2, -0.15) is 0 Å². The van der Waals surface area contributed by atoms with E-state index in [9.17, 15) is 0 Å². The molecule has 0 aromatic carbocycles. The highest BCUT2D eigenvalue weighted by atomic mass is 31.0. The van der Waals surface area contributed by atoms with E-state index in [4.69, 9.17) is 0 Å². The Morgan fingerprint density at radius 1 is 1.33 bits per heavy atom. The van der Waals surface area contributed by atoms with Gasteiger partial charge in [-0.25, -0.2) is 0 Å². The zero-order valence-electron chi connectivity index (χ0n) is 6.09. The minimum Gasteiger partial charge on any atom is -0.287 e. The van der Waals surface area contributed by atoms with E-state index in [1.807, 2.05) is 0 Å². The summed E-state index contributed by atoms with van der Waals surface area (Å²) in [6, 6.07) is 0. The molecule has 52 valence electrons. The maximum Gasteiger partial charge on any atom is 0.00532 e. The molecule has 0 aromatic rings. The maximum absolute atomic E-state index is 2.79. The smallest absolute Gasteiger partial charge is 0.00532 e. The van der Waals surface area contributed by atoms with Crippen LogP contribution in [-0.2, 0) is 0 Å². The minimum atomic E-state index is 0.688. The molecule has 0 radical (unpaired) electrons. The molecule has 0 amide bonds. The van der Waals surface area contributed by atoms with Crippen LogP contribution < -0.4 is 0 Å². The van der Waals surface area contributed by atoms with Gasteiger partial charge in [-0.15, -0.1) is 0 Å².